The third-order valence-corrected chi connectivity index (χ3v) is 3.47. The molecule has 1 aliphatic carbocycles. The number of nitrogens with zero attached hydrogens (tertiary/aromatic N) is 3. The summed E-state index contributed by atoms with van der Waals surface area (Å²) in [7, 11) is 1.83. The number of hydrogen-bond donors (Lipinski definition) is 0. The van der Waals surface area contributed by atoms with Crippen LogP contribution in [0.4, 0.5) is 0 Å². The molecule has 0 N–H and O–H groups in total. The molecule has 2 rings (SSSR count). The van der Waals surface area contributed by atoms with Crippen molar-refractivity contribution in [2.75, 3.05) is 13.6 Å². The molecule has 0 spiro atoms. The zero-order valence-corrected chi connectivity index (χ0v) is 9.31. The van der Waals surface area contributed by atoms with Gasteiger partial charge in [0.05, 0.1) is 12.5 Å². The minimum absolute atomic E-state index is 0.113. The Morgan fingerprint density at radius 2 is 2.20 bits per heavy atom. The second-order valence-corrected chi connectivity index (χ2v) is 4.60. The Morgan fingerprint density at radius 1 is 1.53 bits per heavy atom. The highest BCUT2D eigenvalue weighted by Gasteiger charge is 2.43. The summed E-state index contributed by atoms with van der Waals surface area (Å²) in [6, 6.07) is 2.77. The van der Waals surface area contributed by atoms with Crippen molar-refractivity contribution in [3.05, 3.63) is 0 Å². The smallest absolute Gasteiger partial charge is 0.241 e. The predicted octanol–water partition coefficient (Wildman–Crippen LogP) is 0.594. The van der Waals surface area contributed by atoms with Crippen LogP contribution >= 0.6 is 0 Å². The molecule has 1 heterocycles. The van der Waals surface area contributed by atoms with Crippen molar-refractivity contribution >= 4 is 5.91 Å². The maximum absolute atomic E-state index is 12.0. The highest BCUT2D eigenvalue weighted by atomic mass is 16.2. The van der Waals surface area contributed by atoms with Gasteiger partial charge in [0.1, 0.15) is 6.04 Å². The van der Waals surface area contributed by atoms with Gasteiger partial charge in [0.2, 0.25) is 5.91 Å². The lowest BCUT2D eigenvalue weighted by atomic mass is 10.0. The number of carbonyl (C=O) groups is 1. The Hall–Kier alpha value is -1.08. The highest BCUT2D eigenvalue weighted by molar-refractivity contribution is 5.83. The molecule has 15 heavy (non-hydrogen) atoms. The van der Waals surface area contributed by atoms with E-state index in [1.807, 2.05) is 7.05 Å². The van der Waals surface area contributed by atoms with Gasteiger partial charge >= 0.3 is 0 Å². The summed E-state index contributed by atoms with van der Waals surface area (Å²) in [6.45, 7) is 2.98. The van der Waals surface area contributed by atoms with Crippen molar-refractivity contribution in [3.8, 4) is 6.07 Å². The molecule has 1 saturated carbocycles. The van der Waals surface area contributed by atoms with E-state index in [9.17, 15) is 4.79 Å². The molecule has 2 fully saturated rings. The van der Waals surface area contributed by atoms with E-state index in [1.54, 1.807) is 4.90 Å². The second kappa shape index (κ2) is 3.82. The molecule has 4 heteroatoms. The first-order valence-corrected chi connectivity index (χ1v) is 5.54. The number of nitriles is 1. The first-order chi connectivity index (χ1) is 7.15. The van der Waals surface area contributed by atoms with Crippen molar-refractivity contribution in [2.24, 2.45) is 0 Å². The highest BCUT2D eigenvalue weighted by Crippen LogP contribution is 2.32. The second-order valence-electron chi connectivity index (χ2n) is 4.60. The van der Waals surface area contributed by atoms with E-state index in [0.29, 0.717) is 12.5 Å². The molecule has 0 aromatic heterocycles. The lowest BCUT2D eigenvalue weighted by Crippen LogP contribution is -2.60. The predicted molar refractivity (Wildman–Crippen MR) is 56.0 cm³/mol. The van der Waals surface area contributed by atoms with Gasteiger partial charge in [-0.2, -0.15) is 5.26 Å². The van der Waals surface area contributed by atoms with Crippen LogP contribution in [0.15, 0.2) is 0 Å². The summed E-state index contributed by atoms with van der Waals surface area (Å²) >= 11 is 0. The molecule has 0 bridgehead atoms. The number of carbonyl (C=O) groups excluding carboxylic acids is 1. The summed E-state index contributed by atoms with van der Waals surface area (Å²) in [6.07, 6.45) is 2.70. The molecule has 0 aromatic rings. The van der Waals surface area contributed by atoms with Crippen molar-refractivity contribution in [2.45, 2.75) is 44.3 Å². The minimum Gasteiger partial charge on any atom is -0.340 e. The molecular weight excluding hydrogens is 190 g/mol. The molecule has 2 atom stereocenters. The van der Waals surface area contributed by atoms with E-state index in [2.05, 4.69) is 17.9 Å². The standard InChI is InChI=1S/C11H17N3O/c1-8-7-14(9-3-4-9)10(5-6-12)11(15)13(8)2/h8-10H,3-5,7H2,1-2H3. The average molecular weight is 207 g/mol. The molecular formula is C11H17N3O. The van der Waals surface area contributed by atoms with Crippen LogP contribution in [0.2, 0.25) is 0 Å². The average Bonchev–Trinajstić information content (AvgIpc) is 3.02. The van der Waals surface area contributed by atoms with Gasteiger partial charge in [0.15, 0.2) is 0 Å². The fraction of sp³-hybridized carbons (Fsp3) is 0.818. The van der Waals surface area contributed by atoms with Crippen LogP contribution in [-0.2, 0) is 4.79 Å². The molecule has 2 unspecified atom stereocenters. The van der Waals surface area contributed by atoms with Gasteiger partial charge in [0, 0.05) is 25.7 Å². The Morgan fingerprint density at radius 3 is 2.73 bits per heavy atom. The maximum Gasteiger partial charge on any atom is 0.241 e. The van der Waals surface area contributed by atoms with E-state index in [1.165, 1.54) is 12.8 Å². The number of amides is 1. The van der Waals surface area contributed by atoms with Gasteiger partial charge in [-0.3, -0.25) is 9.69 Å². The van der Waals surface area contributed by atoms with E-state index in [4.69, 9.17) is 5.26 Å². The third kappa shape index (κ3) is 1.84. The normalized spacial score (nSPS) is 32.9. The summed E-state index contributed by atoms with van der Waals surface area (Å²) < 4.78 is 0. The van der Waals surface area contributed by atoms with E-state index < -0.39 is 0 Å². The van der Waals surface area contributed by atoms with Crippen molar-refractivity contribution < 1.29 is 4.79 Å². The van der Waals surface area contributed by atoms with Gasteiger partial charge in [0.25, 0.3) is 0 Å². The summed E-state index contributed by atoms with van der Waals surface area (Å²) in [4.78, 5) is 16.0. The summed E-state index contributed by atoms with van der Waals surface area (Å²) in [5, 5.41) is 8.76. The SMILES string of the molecule is CC1CN(C2CC2)C(CC#N)C(=O)N1C. The Bertz CT molecular complexity index is 305. The first-order valence-electron chi connectivity index (χ1n) is 5.54. The Kier molecular flexibility index (Phi) is 2.66. The first kappa shape index (κ1) is 10.4. The van der Waals surface area contributed by atoms with Gasteiger partial charge in [-0.1, -0.05) is 0 Å². The largest absolute Gasteiger partial charge is 0.340 e. The quantitative estimate of drug-likeness (QED) is 0.666. The van der Waals surface area contributed by atoms with Crippen LogP contribution in [0.1, 0.15) is 26.2 Å². The molecule has 0 radical (unpaired) electrons. The van der Waals surface area contributed by atoms with E-state index >= 15 is 0 Å². The zero-order chi connectivity index (χ0) is 11.0. The molecule has 1 amide bonds. The van der Waals surface area contributed by atoms with Gasteiger partial charge in [-0.25, -0.2) is 0 Å². The van der Waals surface area contributed by atoms with Crippen LogP contribution in [-0.4, -0.2) is 47.4 Å². The van der Waals surface area contributed by atoms with Crippen LogP contribution in [0.25, 0.3) is 0 Å². The van der Waals surface area contributed by atoms with Gasteiger partial charge in [-0.15, -0.1) is 0 Å². The van der Waals surface area contributed by atoms with E-state index in [0.717, 1.165) is 6.54 Å². The van der Waals surface area contributed by atoms with Gasteiger partial charge < -0.3 is 4.90 Å². The number of hydrogen-bond acceptors (Lipinski definition) is 3. The van der Waals surface area contributed by atoms with Crippen molar-refractivity contribution in [3.63, 3.8) is 0 Å². The monoisotopic (exact) mass is 207 g/mol. The Balaban J connectivity index is 2.14. The molecule has 4 nitrogen and oxygen atoms in total. The van der Waals surface area contributed by atoms with Gasteiger partial charge in [-0.05, 0) is 19.8 Å². The number of piperazine rings is 1. The molecule has 1 saturated heterocycles. The molecule has 2 aliphatic rings. The zero-order valence-electron chi connectivity index (χ0n) is 9.31. The van der Waals surface area contributed by atoms with Crippen LogP contribution < -0.4 is 0 Å². The third-order valence-electron chi connectivity index (χ3n) is 3.47. The summed E-state index contributed by atoms with van der Waals surface area (Å²) in [5.41, 5.74) is 0. The number of likely N-dealkylation sites (N-methyl/N-ethyl adjacent to an activating group) is 1. The Labute approximate surface area is 90.5 Å². The lowest BCUT2D eigenvalue weighted by Gasteiger charge is -2.42. The molecule has 0 aromatic carbocycles. The van der Waals surface area contributed by atoms with Crippen LogP contribution in [0, 0.1) is 11.3 Å². The topological polar surface area (TPSA) is 47.3 Å². The van der Waals surface area contributed by atoms with Crippen LogP contribution in [0.5, 0.6) is 0 Å². The number of rotatable bonds is 2. The fourth-order valence-electron chi connectivity index (χ4n) is 2.25. The van der Waals surface area contributed by atoms with E-state index in [-0.39, 0.29) is 18.0 Å². The maximum atomic E-state index is 12.0. The van der Waals surface area contributed by atoms with Crippen molar-refractivity contribution in [1.82, 2.24) is 9.80 Å². The lowest BCUT2D eigenvalue weighted by molar-refractivity contribution is -0.143. The minimum atomic E-state index is -0.191. The van der Waals surface area contributed by atoms with Crippen molar-refractivity contribution in [1.29, 1.82) is 5.26 Å². The summed E-state index contributed by atoms with van der Waals surface area (Å²) in [5.74, 6) is 0.113. The van der Waals surface area contributed by atoms with Crippen LogP contribution in [0.3, 0.4) is 0 Å². The molecule has 82 valence electrons. The molecule has 1 aliphatic heterocycles. The fourth-order valence-corrected chi connectivity index (χ4v) is 2.25.